The maximum atomic E-state index is 6.35. The predicted molar refractivity (Wildman–Crippen MR) is 80.8 cm³/mol. The SMILES string of the molecule is CCCCC1(CC)Cc2c(ccc3ccccc23)O1. The Hall–Kier alpha value is -1.50. The van der Waals surface area contributed by atoms with Crippen LogP contribution in [-0.4, -0.2) is 5.60 Å². The lowest BCUT2D eigenvalue weighted by molar-refractivity contribution is 0.0776. The monoisotopic (exact) mass is 254 g/mol. The second-order valence-corrected chi connectivity index (χ2v) is 5.68. The molecule has 1 aliphatic heterocycles. The first-order chi connectivity index (χ1) is 9.28. The van der Waals surface area contributed by atoms with Gasteiger partial charge in [0, 0.05) is 12.0 Å². The fourth-order valence-corrected chi connectivity index (χ4v) is 3.20. The van der Waals surface area contributed by atoms with Gasteiger partial charge < -0.3 is 4.74 Å². The molecule has 2 aromatic carbocycles. The number of ether oxygens (including phenoxy) is 1. The van der Waals surface area contributed by atoms with E-state index in [1.165, 1.54) is 35.6 Å². The molecule has 1 nitrogen and oxygen atoms in total. The Morgan fingerprint density at radius 3 is 2.74 bits per heavy atom. The fraction of sp³-hybridized carbons (Fsp3) is 0.444. The van der Waals surface area contributed by atoms with E-state index in [1.54, 1.807) is 0 Å². The molecule has 0 aliphatic carbocycles. The molecule has 0 saturated carbocycles. The van der Waals surface area contributed by atoms with Crippen molar-refractivity contribution in [3.63, 3.8) is 0 Å². The molecular weight excluding hydrogens is 232 g/mol. The van der Waals surface area contributed by atoms with Crippen molar-refractivity contribution in [2.75, 3.05) is 0 Å². The average Bonchev–Trinajstić information content (AvgIpc) is 2.85. The smallest absolute Gasteiger partial charge is 0.124 e. The lowest BCUT2D eigenvalue weighted by Crippen LogP contribution is -2.33. The van der Waals surface area contributed by atoms with Crippen LogP contribution in [0.15, 0.2) is 36.4 Å². The summed E-state index contributed by atoms with van der Waals surface area (Å²) in [6.45, 7) is 4.50. The molecule has 100 valence electrons. The van der Waals surface area contributed by atoms with Crippen LogP contribution < -0.4 is 4.74 Å². The minimum absolute atomic E-state index is 0.0441. The van der Waals surface area contributed by atoms with Gasteiger partial charge in [0.25, 0.3) is 0 Å². The van der Waals surface area contributed by atoms with E-state index >= 15 is 0 Å². The summed E-state index contributed by atoms with van der Waals surface area (Å²) >= 11 is 0. The van der Waals surface area contributed by atoms with Crippen molar-refractivity contribution >= 4 is 10.8 Å². The van der Waals surface area contributed by atoms with Crippen LogP contribution >= 0.6 is 0 Å². The van der Waals surface area contributed by atoms with Gasteiger partial charge in [-0.2, -0.15) is 0 Å². The normalized spacial score (nSPS) is 21.4. The Morgan fingerprint density at radius 2 is 1.95 bits per heavy atom. The highest BCUT2D eigenvalue weighted by Crippen LogP contribution is 2.43. The lowest BCUT2D eigenvalue weighted by atomic mass is 9.87. The van der Waals surface area contributed by atoms with Crippen molar-refractivity contribution in [2.24, 2.45) is 0 Å². The Bertz CT molecular complexity index is 587. The highest BCUT2D eigenvalue weighted by Gasteiger charge is 2.37. The van der Waals surface area contributed by atoms with Crippen molar-refractivity contribution in [2.45, 2.75) is 51.6 Å². The summed E-state index contributed by atoms with van der Waals surface area (Å²) in [7, 11) is 0. The molecule has 0 N–H and O–H groups in total. The van der Waals surface area contributed by atoms with Crippen LogP contribution in [0.2, 0.25) is 0 Å². The second kappa shape index (κ2) is 4.88. The van der Waals surface area contributed by atoms with Gasteiger partial charge in [0.2, 0.25) is 0 Å². The van der Waals surface area contributed by atoms with Gasteiger partial charge in [0.05, 0.1) is 0 Å². The Kier molecular flexibility index (Phi) is 3.22. The third kappa shape index (κ3) is 2.11. The average molecular weight is 254 g/mol. The molecule has 0 bridgehead atoms. The van der Waals surface area contributed by atoms with Crippen LogP contribution in [0.4, 0.5) is 0 Å². The summed E-state index contributed by atoms with van der Waals surface area (Å²) in [4.78, 5) is 0. The second-order valence-electron chi connectivity index (χ2n) is 5.68. The van der Waals surface area contributed by atoms with E-state index in [0.717, 1.165) is 18.6 Å². The highest BCUT2D eigenvalue weighted by atomic mass is 16.5. The van der Waals surface area contributed by atoms with E-state index < -0.39 is 0 Å². The topological polar surface area (TPSA) is 9.23 Å². The van der Waals surface area contributed by atoms with Gasteiger partial charge in [-0.15, -0.1) is 0 Å². The molecule has 1 heterocycles. The maximum Gasteiger partial charge on any atom is 0.124 e. The molecule has 3 rings (SSSR count). The van der Waals surface area contributed by atoms with Gasteiger partial charge in [-0.3, -0.25) is 0 Å². The first kappa shape index (κ1) is 12.5. The quantitative estimate of drug-likeness (QED) is 0.736. The highest BCUT2D eigenvalue weighted by molar-refractivity contribution is 5.88. The van der Waals surface area contributed by atoms with Crippen molar-refractivity contribution in [1.29, 1.82) is 0 Å². The largest absolute Gasteiger partial charge is 0.487 e. The van der Waals surface area contributed by atoms with Gasteiger partial charge in [-0.05, 0) is 36.1 Å². The van der Waals surface area contributed by atoms with Crippen molar-refractivity contribution in [3.8, 4) is 5.75 Å². The minimum Gasteiger partial charge on any atom is -0.487 e. The van der Waals surface area contributed by atoms with Crippen molar-refractivity contribution < 1.29 is 4.74 Å². The summed E-state index contributed by atoms with van der Waals surface area (Å²) < 4.78 is 6.35. The summed E-state index contributed by atoms with van der Waals surface area (Å²) in [6.07, 6.45) is 5.82. The van der Waals surface area contributed by atoms with E-state index in [4.69, 9.17) is 4.74 Å². The summed E-state index contributed by atoms with van der Waals surface area (Å²) in [6, 6.07) is 13.0. The minimum atomic E-state index is 0.0441. The molecule has 0 radical (unpaired) electrons. The summed E-state index contributed by atoms with van der Waals surface area (Å²) in [5.74, 6) is 1.11. The Morgan fingerprint density at radius 1 is 1.11 bits per heavy atom. The fourth-order valence-electron chi connectivity index (χ4n) is 3.20. The third-order valence-corrected chi connectivity index (χ3v) is 4.45. The first-order valence-electron chi connectivity index (χ1n) is 7.47. The Balaban J connectivity index is 2.01. The zero-order chi connectivity index (χ0) is 13.3. The molecule has 1 aliphatic rings. The number of unbranched alkanes of at least 4 members (excludes halogenated alkanes) is 1. The predicted octanol–water partition coefficient (Wildman–Crippen LogP) is 5.11. The van der Waals surface area contributed by atoms with Crippen LogP contribution in [0.5, 0.6) is 5.75 Å². The van der Waals surface area contributed by atoms with E-state index in [2.05, 4.69) is 50.2 Å². The van der Waals surface area contributed by atoms with E-state index in [-0.39, 0.29) is 5.60 Å². The van der Waals surface area contributed by atoms with Crippen LogP contribution in [0.1, 0.15) is 45.1 Å². The first-order valence-corrected chi connectivity index (χ1v) is 7.47. The molecule has 0 aromatic heterocycles. The standard InChI is InChI=1S/C18H22O/c1-3-5-12-18(4-2)13-16-15-9-7-6-8-14(15)10-11-17(16)19-18/h6-11H,3-5,12-13H2,1-2H3. The van der Waals surface area contributed by atoms with Gasteiger partial charge >= 0.3 is 0 Å². The van der Waals surface area contributed by atoms with Crippen molar-refractivity contribution in [3.05, 3.63) is 42.0 Å². The van der Waals surface area contributed by atoms with E-state index in [1.807, 2.05) is 0 Å². The number of fused-ring (bicyclic) bond motifs is 3. The Labute approximate surface area is 115 Å². The molecule has 1 heteroatoms. The van der Waals surface area contributed by atoms with Crippen molar-refractivity contribution in [1.82, 2.24) is 0 Å². The van der Waals surface area contributed by atoms with Crippen LogP contribution in [-0.2, 0) is 6.42 Å². The molecule has 1 atom stereocenters. The molecule has 0 saturated heterocycles. The lowest BCUT2D eigenvalue weighted by Gasteiger charge is -2.27. The molecule has 0 fully saturated rings. The third-order valence-electron chi connectivity index (χ3n) is 4.45. The van der Waals surface area contributed by atoms with Crippen LogP contribution in [0.25, 0.3) is 10.8 Å². The van der Waals surface area contributed by atoms with Crippen LogP contribution in [0, 0.1) is 0 Å². The molecule has 19 heavy (non-hydrogen) atoms. The molecule has 0 amide bonds. The van der Waals surface area contributed by atoms with Gasteiger partial charge in [-0.1, -0.05) is 50.6 Å². The molecule has 1 unspecified atom stereocenters. The zero-order valence-electron chi connectivity index (χ0n) is 11.9. The molecular formula is C18H22O. The number of hydrogen-bond donors (Lipinski definition) is 0. The van der Waals surface area contributed by atoms with Gasteiger partial charge in [-0.25, -0.2) is 0 Å². The zero-order valence-corrected chi connectivity index (χ0v) is 11.9. The summed E-state index contributed by atoms with van der Waals surface area (Å²) in [5.41, 5.74) is 1.46. The van der Waals surface area contributed by atoms with Gasteiger partial charge in [0.1, 0.15) is 11.4 Å². The van der Waals surface area contributed by atoms with E-state index in [0.29, 0.717) is 0 Å². The number of hydrogen-bond acceptors (Lipinski definition) is 1. The number of benzene rings is 2. The van der Waals surface area contributed by atoms with Gasteiger partial charge in [0.15, 0.2) is 0 Å². The molecule has 0 spiro atoms. The van der Waals surface area contributed by atoms with E-state index in [9.17, 15) is 0 Å². The molecule has 2 aromatic rings. The van der Waals surface area contributed by atoms with Crippen LogP contribution in [0.3, 0.4) is 0 Å². The number of rotatable bonds is 4. The summed E-state index contributed by atoms with van der Waals surface area (Å²) in [5, 5.41) is 2.69. The maximum absolute atomic E-state index is 6.35.